The zero-order chi connectivity index (χ0) is 22.0. The van der Waals surface area contributed by atoms with Gasteiger partial charge in [0.15, 0.2) is 0 Å². The Labute approximate surface area is 187 Å². The third-order valence-corrected chi connectivity index (χ3v) is 6.50. The van der Waals surface area contributed by atoms with E-state index in [4.69, 9.17) is 20.8 Å². The number of aliphatic hydroxyl groups is 1. The Balaban J connectivity index is 1.57. The molecule has 0 saturated heterocycles. The van der Waals surface area contributed by atoms with Crippen molar-refractivity contribution in [1.82, 2.24) is 5.32 Å². The van der Waals surface area contributed by atoms with Crippen molar-refractivity contribution in [3.8, 4) is 5.75 Å². The van der Waals surface area contributed by atoms with Crippen LogP contribution >= 0.6 is 23.4 Å². The molecule has 1 aliphatic rings. The number of anilines is 1. The summed E-state index contributed by atoms with van der Waals surface area (Å²) in [5, 5.41) is 13.6. The van der Waals surface area contributed by atoms with Crippen molar-refractivity contribution >= 4 is 35.0 Å². The van der Waals surface area contributed by atoms with Crippen LogP contribution in [0.1, 0.15) is 21.7 Å². The minimum absolute atomic E-state index is 0.0562. The van der Waals surface area contributed by atoms with Crippen LogP contribution in [0.25, 0.3) is 0 Å². The van der Waals surface area contributed by atoms with Crippen LogP contribution in [0.4, 0.5) is 10.1 Å². The van der Waals surface area contributed by atoms with Crippen molar-refractivity contribution in [3.05, 3.63) is 76.5 Å². The number of ether oxygens (including phenoxy) is 1. The molecule has 1 unspecified atom stereocenters. The van der Waals surface area contributed by atoms with E-state index in [-0.39, 0.29) is 29.6 Å². The van der Waals surface area contributed by atoms with Crippen molar-refractivity contribution in [1.29, 1.82) is 0 Å². The summed E-state index contributed by atoms with van der Waals surface area (Å²) in [5.41, 5.74) is 1.42. The smallest absolute Gasteiger partial charge is 0.251 e. The van der Waals surface area contributed by atoms with E-state index in [0.29, 0.717) is 28.5 Å². The Morgan fingerprint density at radius 3 is 2.97 bits per heavy atom. The number of benzene rings is 2. The summed E-state index contributed by atoms with van der Waals surface area (Å²) in [6.07, 6.45) is 0.715. The van der Waals surface area contributed by atoms with Gasteiger partial charge in [-0.2, -0.15) is 0 Å². The van der Waals surface area contributed by atoms with Gasteiger partial charge >= 0.3 is 0 Å². The molecule has 0 radical (unpaired) electrons. The minimum atomic E-state index is -0.835. The second-order valence-electron chi connectivity index (χ2n) is 6.91. The van der Waals surface area contributed by atoms with E-state index in [1.807, 2.05) is 0 Å². The standard InChI is InChI=1S/C22H20ClFN2O4S/c1-29-18-7-5-16(24)15(21(18)23)11-26-17-6-4-13(9-19(17)31-12-20(26)27)22(28)25-10-14-3-2-8-30-14/h2-9,20,27H,10-12H2,1H3,(H,25,28). The second-order valence-corrected chi connectivity index (χ2v) is 8.35. The SMILES string of the molecule is COc1ccc(F)c(CN2c3ccc(C(=O)NCc4ccco4)cc3SCC2O)c1Cl. The largest absolute Gasteiger partial charge is 0.495 e. The van der Waals surface area contributed by atoms with Crippen LogP contribution in [-0.4, -0.2) is 30.1 Å². The van der Waals surface area contributed by atoms with Gasteiger partial charge in [0, 0.05) is 21.8 Å². The molecule has 2 N–H and O–H groups in total. The molecule has 0 fully saturated rings. The maximum Gasteiger partial charge on any atom is 0.251 e. The summed E-state index contributed by atoms with van der Waals surface area (Å²) in [6.45, 7) is 0.342. The number of rotatable bonds is 6. The number of carbonyl (C=O) groups excluding carboxylic acids is 1. The fourth-order valence-corrected chi connectivity index (χ4v) is 4.69. The average molecular weight is 463 g/mol. The van der Waals surface area contributed by atoms with Gasteiger partial charge in [-0.15, -0.1) is 11.8 Å². The molecule has 1 atom stereocenters. The molecular formula is C22H20ClFN2O4S. The lowest BCUT2D eigenvalue weighted by Crippen LogP contribution is -2.39. The Morgan fingerprint density at radius 2 is 2.23 bits per heavy atom. The van der Waals surface area contributed by atoms with E-state index in [1.165, 1.54) is 31.0 Å². The van der Waals surface area contributed by atoms with Gasteiger partial charge in [0.2, 0.25) is 0 Å². The summed E-state index contributed by atoms with van der Waals surface area (Å²) in [4.78, 5) is 15.0. The maximum absolute atomic E-state index is 14.5. The number of hydrogen-bond acceptors (Lipinski definition) is 6. The first-order chi connectivity index (χ1) is 15.0. The zero-order valence-corrected chi connectivity index (χ0v) is 18.2. The lowest BCUT2D eigenvalue weighted by atomic mass is 10.1. The van der Waals surface area contributed by atoms with E-state index in [0.717, 1.165) is 4.90 Å². The van der Waals surface area contributed by atoms with Gasteiger partial charge in [-0.05, 0) is 42.5 Å². The number of thioether (sulfide) groups is 1. The fraction of sp³-hybridized carbons (Fsp3) is 0.227. The molecule has 162 valence electrons. The topological polar surface area (TPSA) is 74.9 Å². The highest BCUT2D eigenvalue weighted by Crippen LogP contribution is 2.40. The molecule has 1 aromatic heterocycles. The molecule has 2 heterocycles. The Morgan fingerprint density at radius 1 is 1.39 bits per heavy atom. The highest BCUT2D eigenvalue weighted by molar-refractivity contribution is 7.99. The number of carbonyl (C=O) groups is 1. The van der Waals surface area contributed by atoms with Crippen molar-refractivity contribution in [3.63, 3.8) is 0 Å². The Hall–Kier alpha value is -2.68. The van der Waals surface area contributed by atoms with Crippen molar-refractivity contribution in [2.45, 2.75) is 24.2 Å². The lowest BCUT2D eigenvalue weighted by Gasteiger charge is -2.36. The maximum atomic E-state index is 14.5. The highest BCUT2D eigenvalue weighted by atomic mass is 35.5. The van der Waals surface area contributed by atoms with Crippen LogP contribution in [-0.2, 0) is 13.1 Å². The van der Waals surface area contributed by atoms with Gasteiger partial charge in [-0.3, -0.25) is 4.79 Å². The third-order valence-electron chi connectivity index (χ3n) is 4.98. The molecule has 1 aliphatic heterocycles. The van der Waals surface area contributed by atoms with Crippen molar-refractivity contribution in [2.75, 3.05) is 17.8 Å². The van der Waals surface area contributed by atoms with E-state index >= 15 is 0 Å². The van der Waals surface area contributed by atoms with Gasteiger partial charge in [0.1, 0.15) is 23.6 Å². The molecule has 0 bridgehead atoms. The first-order valence-corrected chi connectivity index (χ1v) is 10.9. The van der Waals surface area contributed by atoms with Crippen LogP contribution < -0.4 is 15.0 Å². The Bertz CT molecular complexity index is 1090. The summed E-state index contributed by atoms with van der Waals surface area (Å²) < 4.78 is 24.9. The number of halogens is 2. The lowest BCUT2D eigenvalue weighted by molar-refractivity contribution is 0.0948. The normalized spacial score (nSPS) is 15.5. The summed E-state index contributed by atoms with van der Waals surface area (Å²) in [5.74, 6) is 0.675. The molecule has 0 spiro atoms. The second kappa shape index (κ2) is 9.21. The molecule has 0 saturated carbocycles. The Kier molecular flexibility index (Phi) is 6.41. The minimum Gasteiger partial charge on any atom is -0.495 e. The summed E-state index contributed by atoms with van der Waals surface area (Å²) in [6, 6.07) is 11.5. The summed E-state index contributed by atoms with van der Waals surface area (Å²) >= 11 is 7.75. The van der Waals surface area contributed by atoms with Crippen LogP contribution in [0.15, 0.2) is 58.0 Å². The quantitative estimate of drug-likeness (QED) is 0.564. The first kappa shape index (κ1) is 21.5. The van der Waals surface area contributed by atoms with Crippen LogP contribution in [0.3, 0.4) is 0 Å². The van der Waals surface area contributed by atoms with Crippen molar-refractivity contribution < 1.29 is 23.4 Å². The molecular weight excluding hydrogens is 443 g/mol. The number of furan rings is 1. The monoisotopic (exact) mass is 462 g/mol. The average Bonchev–Trinajstić information content (AvgIpc) is 3.29. The van der Waals surface area contributed by atoms with Gasteiger partial charge in [0.25, 0.3) is 5.91 Å². The van der Waals surface area contributed by atoms with E-state index in [1.54, 1.807) is 41.5 Å². The van der Waals surface area contributed by atoms with E-state index in [2.05, 4.69) is 5.32 Å². The fourth-order valence-electron chi connectivity index (χ4n) is 3.35. The van der Waals surface area contributed by atoms with E-state index < -0.39 is 12.0 Å². The third kappa shape index (κ3) is 4.51. The molecule has 9 heteroatoms. The molecule has 0 aliphatic carbocycles. The molecule has 2 aromatic carbocycles. The number of methoxy groups -OCH3 is 1. The van der Waals surface area contributed by atoms with Gasteiger partial charge in [-0.1, -0.05) is 11.6 Å². The zero-order valence-electron chi connectivity index (χ0n) is 16.6. The number of nitrogens with zero attached hydrogens (tertiary/aromatic N) is 1. The number of nitrogens with one attached hydrogen (secondary N) is 1. The molecule has 4 rings (SSSR count). The van der Waals surface area contributed by atoms with Crippen LogP contribution in [0, 0.1) is 5.82 Å². The number of amides is 1. The van der Waals surface area contributed by atoms with E-state index in [9.17, 15) is 14.3 Å². The van der Waals surface area contributed by atoms with Crippen LogP contribution in [0.5, 0.6) is 5.75 Å². The molecule has 31 heavy (non-hydrogen) atoms. The number of fused-ring (bicyclic) bond motifs is 1. The number of hydrogen-bond donors (Lipinski definition) is 2. The van der Waals surface area contributed by atoms with Gasteiger partial charge in [-0.25, -0.2) is 4.39 Å². The van der Waals surface area contributed by atoms with Gasteiger partial charge < -0.3 is 24.5 Å². The van der Waals surface area contributed by atoms with Crippen LogP contribution in [0.2, 0.25) is 5.02 Å². The van der Waals surface area contributed by atoms with Crippen molar-refractivity contribution in [2.24, 2.45) is 0 Å². The number of aliphatic hydroxyl groups excluding tert-OH is 1. The predicted molar refractivity (Wildman–Crippen MR) is 117 cm³/mol. The summed E-state index contributed by atoms with van der Waals surface area (Å²) in [7, 11) is 1.46. The van der Waals surface area contributed by atoms with Gasteiger partial charge in [0.05, 0.1) is 37.2 Å². The molecule has 6 nitrogen and oxygen atoms in total. The molecule has 1 amide bonds. The molecule has 3 aromatic rings. The predicted octanol–water partition coefficient (Wildman–Crippen LogP) is 4.44. The highest BCUT2D eigenvalue weighted by Gasteiger charge is 2.28. The first-order valence-electron chi connectivity index (χ1n) is 9.51.